The van der Waals surface area contributed by atoms with Crippen molar-refractivity contribution >= 4 is 5.91 Å². The van der Waals surface area contributed by atoms with E-state index in [9.17, 15) is 18.0 Å². The van der Waals surface area contributed by atoms with Gasteiger partial charge in [-0.2, -0.15) is 4.98 Å². The Labute approximate surface area is 155 Å². The van der Waals surface area contributed by atoms with Gasteiger partial charge < -0.3 is 20.1 Å². The Morgan fingerprint density at radius 1 is 1.41 bits per heavy atom. The number of amides is 1. The van der Waals surface area contributed by atoms with Gasteiger partial charge in [0.2, 0.25) is 17.7 Å². The zero-order valence-corrected chi connectivity index (χ0v) is 15.2. The molecule has 1 aliphatic heterocycles. The second-order valence-electron chi connectivity index (χ2n) is 7.09. The van der Waals surface area contributed by atoms with Gasteiger partial charge in [0, 0.05) is 24.9 Å². The van der Waals surface area contributed by atoms with E-state index < -0.39 is 11.7 Å². The van der Waals surface area contributed by atoms with Crippen LogP contribution < -0.4 is 20.1 Å². The number of hydrogen-bond acceptors (Lipinski definition) is 5. The van der Waals surface area contributed by atoms with Crippen molar-refractivity contribution in [3.8, 4) is 11.8 Å². The Hall–Kier alpha value is -2.03. The molecule has 0 bridgehead atoms. The highest BCUT2D eigenvalue weighted by Gasteiger charge is 2.39. The van der Waals surface area contributed by atoms with Crippen LogP contribution in [0.5, 0.6) is 11.8 Å². The molecule has 0 spiro atoms. The minimum Gasteiger partial charge on any atom is -0.481 e. The number of nitrogens with one attached hydrogen (secondary N) is 2. The first-order valence-corrected chi connectivity index (χ1v) is 9.13. The summed E-state index contributed by atoms with van der Waals surface area (Å²) >= 11 is 0. The molecule has 2 N–H and O–H groups in total. The molecule has 1 aromatic rings. The smallest absolute Gasteiger partial charge is 0.253 e. The van der Waals surface area contributed by atoms with Gasteiger partial charge in [-0.3, -0.25) is 4.79 Å². The molecule has 0 radical (unpaired) electrons. The highest BCUT2D eigenvalue weighted by atomic mass is 19.3. The van der Waals surface area contributed by atoms with Crippen LogP contribution in [0, 0.1) is 11.7 Å². The molecule has 2 heterocycles. The van der Waals surface area contributed by atoms with Gasteiger partial charge in [-0.25, -0.2) is 13.2 Å². The number of methoxy groups -OCH3 is 1. The first kappa shape index (κ1) is 19.7. The van der Waals surface area contributed by atoms with Crippen molar-refractivity contribution in [3.63, 3.8) is 0 Å². The lowest BCUT2D eigenvalue weighted by molar-refractivity contribution is -0.122. The second-order valence-corrected chi connectivity index (χ2v) is 7.09. The molecular weight excluding hydrogens is 363 g/mol. The quantitative estimate of drug-likeness (QED) is 0.752. The van der Waals surface area contributed by atoms with Crippen LogP contribution in [0.1, 0.15) is 37.7 Å². The van der Waals surface area contributed by atoms with E-state index in [4.69, 9.17) is 9.47 Å². The number of carbonyl (C=O) groups excluding carboxylic acids is 1. The maximum Gasteiger partial charge on any atom is 0.253 e. The molecule has 1 aliphatic carbocycles. The number of pyridine rings is 1. The number of nitrogens with zero attached hydrogens (tertiary/aromatic N) is 1. The minimum atomic E-state index is -2.67. The molecule has 0 aromatic carbocycles. The van der Waals surface area contributed by atoms with Crippen LogP contribution in [0.2, 0.25) is 0 Å². The predicted molar refractivity (Wildman–Crippen MR) is 91.4 cm³/mol. The standard InChI is InChI=1S/C18H24F3N3O3/c1-26-16-12(9-23-15(25)14-3-2-6-22-14)7-13(19)17(24-16)27-10-11-4-5-18(20,21)8-11/h7,11,14,22H,2-6,8-10H2,1H3,(H,23,25). The highest BCUT2D eigenvalue weighted by Crippen LogP contribution is 2.39. The lowest BCUT2D eigenvalue weighted by Crippen LogP contribution is -2.40. The number of ether oxygens (including phenoxy) is 2. The lowest BCUT2D eigenvalue weighted by Gasteiger charge is -2.15. The van der Waals surface area contributed by atoms with Crippen LogP contribution in [0.15, 0.2) is 6.07 Å². The molecular formula is C18H24F3N3O3. The number of halogens is 3. The van der Waals surface area contributed by atoms with Gasteiger partial charge >= 0.3 is 0 Å². The maximum atomic E-state index is 14.3. The normalized spacial score (nSPS) is 24.0. The van der Waals surface area contributed by atoms with Crippen molar-refractivity contribution in [2.45, 2.75) is 50.6 Å². The number of aromatic nitrogens is 1. The SMILES string of the molecule is COc1nc(OCC2CCC(F)(F)C2)c(F)cc1CNC(=O)C1CCCN1. The summed E-state index contributed by atoms with van der Waals surface area (Å²) in [6.07, 6.45) is 1.62. The van der Waals surface area contributed by atoms with E-state index in [0.29, 0.717) is 12.0 Å². The van der Waals surface area contributed by atoms with Crippen LogP contribution in [-0.4, -0.2) is 43.1 Å². The van der Waals surface area contributed by atoms with E-state index in [0.717, 1.165) is 19.4 Å². The van der Waals surface area contributed by atoms with E-state index in [1.54, 1.807) is 0 Å². The van der Waals surface area contributed by atoms with Gasteiger partial charge in [-0.15, -0.1) is 0 Å². The molecule has 2 unspecified atom stereocenters. The Balaban J connectivity index is 1.59. The molecule has 2 fully saturated rings. The van der Waals surface area contributed by atoms with Gasteiger partial charge in [0.15, 0.2) is 5.82 Å². The topological polar surface area (TPSA) is 72.5 Å². The average Bonchev–Trinajstić information content (AvgIpc) is 3.28. The molecule has 2 aliphatic rings. The largest absolute Gasteiger partial charge is 0.481 e. The van der Waals surface area contributed by atoms with E-state index >= 15 is 0 Å². The first-order valence-electron chi connectivity index (χ1n) is 9.13. The summed E-state index contributed by atoms with van der Waals surface area (Å²) in [5.74, 6) is -4.03. The third-order valence-corrected chi connectivity index (χ3v) is 4.97. The van der Waals surface area contributed by atoms with Crippen molar-refractivity contribution in [1.29, 1.82) is 0 Å². The van der Waals surface area contributed by atoms with Crippen LogP contribution >= 0.6 is 0 Å². The summed E-state index contributed by atoms with van der Waals surface area (Å²) in [4.78, 5) is 16.0. The fourth-order valence-electron chi connectivity index (χ4n) is 3.49. The molecule has 27 heavy (non-hydrogen) atoms. The van der Waals surface area contributed by atoms with Gasteiger partial charge in [0.05, 0.1) is 19.8 Å². The molecule has 3 rings (SSSR count). The van der Waals surface area contributed by atoms with E-state index in [1.165, 1.54) is 13.2 Å². The monoisotopic (exact) mass is 387 g/mol. The summed E-state index contributed by atoms with van der Waals surface area (Å²) in [6.45, 7) is 0.849. The molecule has 9 heteroatoms. The Morgan fingerprint density at radius 2 is 2.22 bits per heavy atom. The maximum absolute atomic E-state index is 14.3. The summed E-state index contributed by atoms with van der Waals surface area (Å²) < 4.78 is 51.2. The Morgan fingerprint density at radius 3 is 2.85 bits per heavy atom. The average molecular weight is 387 g/mol. The van der Waals surface area contributed by atoms with Crippen LogP contribution in [0.25, 0.3) is 0 Å². The van der Waals surface area contributed by atoms with Gasteiger partial charge in [-0.1, -0.05) is 0 Å². The van der Waals surface area contributed by atoms with Crippen molar-refractivity contribution in [2.24, 2.45) is 5.92 Å². The van der Waals surface area contributed by atoms with E-state index in [1.807, 2.05) is 0 Å². The predicted octanol–water partition coefficient (Wildman–Crippen LogP) is 2.41. The third-order valence-electron chi connectivity index (χ3n) is 4.97. The van der Waals surface area contributed by atoms with Crippen molar-refractivity contribution in [2.75, 3.05) is 20.3 Å². The van der Waals surface area contributed by atoms with Gasteiger partial charge in [-0.05, 0) is 37.8 Å². The van der Waals surface area contributed by atoms with Crippen molar-refractivity contribution in [3.05, 3.63) is 17.4 Å². The summed E-state index contributed by atoms with van der Waals surface area (Å²) in [6, 6.07) is 0.952. The Bertz CT molecular complexity index is 681. The zero-order chi connectivity index (χ0) is 19.4. The van der Waals surface area contributed by atoms with Gasteiger partial charge in [0.1, 0.15) is 0 Å². The van der Waals surface area contributed by atoms with E-state index in [2.05, 4.69) is 15.6 Å². The summed E-state index contributed by atoms with van der Waals surface area (Å²) in [5.41, 5.74) is 0.376. The third kappa shape index (κ3) is 5.03. The van der Waals surface area contributed by atoms with E-state index in [-0.39, 0.29) is 55.6 Å². The Kier molecular flexibility index (Phi) is 6.08. The highest BCUT2D eigenvalue weighted by molar-refractivity contribution is 5.82. The molecule has 2 atom stereocenters. The molecule has 1 amide bonds. The number of alkyl halides is 2. The number of rotatable bonds is 7. The first-order chi connectivity index (χ1) is 12.9. The number of carbonyl (C=O) groups is 1. The van der Waals surface area contributed by atoms with Crippen molar-refractivity contribution in [1.82, 2.24) is 15.6 Å². The summed E-state index contributed by atoms with van der Waals surface area (Å²) in [7, 11) is 1.38. The molecule has 150 valence electrons. The molecule has 1 aromatic heterocycles. The fraction of sp³-hybridized carbons (Fsp3) is 0.667. The lowest BCUT2D eigenvalue weighted by atomic mass is 10.1. The van der Waals surface area contributed by atoms with Crippen LogP contribution in [0.4, 0.5) is 13.2 Å². The molecule has 1 saturated heterocycles. The number of hydrogen-bond donors (Lipinski definition) is 2. The second kappa shape index (κ2) is 8.33. The molecule has 1 saturated carbocycles. The van der Waals surface area contributed by atoms with Crippen molar-refractivity contribution < 1.29 is 27.4 Å². The zero-order valence-electron chi connectivity index (χ0n) is 15.2. The van der Waals surface area contributed by atoms with Crippen LogP contribution in [0.3, 0.4) is 0 Å². The van der Waals surface area contributed by atoms with Crippen LogP contribution in [-0.2, 0) is 11.3 Å². The van der Waals surface area contributed by atoms with Gasteiger partial charge in [0.25, 0.3) is 5.88 Å². The fourth-order valence-corrected chi connectivity index (χ4v) is 3.49. The molecule has 6 nitrogen and oxygen atoms in total. The summed E-state index contributed by atoms with van der Waals surface area (Å²) in [5, 5.41) is 5.82. The minimum absolute atomic E-state index is 0.0217.